The molecule has 2 aromatic heterocycles. The van der Waals surface area contributed by atoms with Crippen LogP contribution in [0, 0.1) is 0 Å². The number of fused-ring (bicyclic) bond motifs is 1. The molecule has 1 aliphatic rings. The first-order chi connectivity index (χ1) is 10.1. The van der Waals surface area contributed by atoms with Crippen molar-refractivity contribution in [2.24, 2.45) is 0 Å². The van der Waals surface area contributed by atoms with E-state index in [0.29, 0.717) is 18.7 Å². The van der Waals surface area contributed by atoms with Gasteiger partial charge in [-0.25, -0.2) is 9.97 Å². The summed E-state index contributed by atoms with van der Waals surface area (Å²) < 4.78 is 0. The van der Waals surface area contributed by atoms with Crippen molar-refractivity contribution in [3.8, 4) is 0 Å². The van der Waals surface area contributed by atoms with Gasteiger partial charge in [0.05, 0.1) is 35.6 Å². The summed E-state index contributed by atoms with van der Waals surface area (Å²) in [6, 6.07) is 3.45. The lowest BCUT2D eigenvalue weighted by atomic mass is 10.0. The second-order valence-corrected chi connectivity index (χ2v) is 5.25. The van der Waals surface area contributed by atoms with Gasteiger partial charge in [0.2, 0.25) is 5.91 Å². The Balaban J connectivity index is 1.64. The van der Waals surface area contributed by atoms with Gasteiger partial charge in [0.1, 0.15) is 5.82 Å². The van der Waals surface area contributed by atoms with Crippen molar-refractivity contribution < 1.29 is 4.79 Å². The fourth-order valence-electron chi connectivity index (χ4n) is 2.31. The molecule has 1 amide bonds. The number of imidazole rings is 1. The SMILES string of the molecule is CN(C)c1ccc(NC(=O)C2Cc3nc[nH]c3CN2)cn1. The molecule has 0 saturated heterocycles. The highest BCUT2D eigenvalue weighted by Crippen LogP contribution is 2.15. The van der Waals surface area contributed by atoms with Gasteiger partial charge in [0.15, 0.2) is 0 Å². The minimum atomic E-state index is -0.269. The van der Waals surface area contributed by atoms with E-state index in [0.717, 1.165) is 17.2 Å². The van der Waals surface area contributed by atoms with Crippen molar-refractivity contribution in [2.75, 3.05) is 24.3 Å². The second-order valence-electron chi connectivity index (χ2n) is 5.25. The van der Waals surface area contributed by atoms with E-state index in [2.05, 4.69) is 25.6 Å². The van der Waals surface area contributed by atoms with Crippen molar-refractivity contribution in [2.45, 2.75) is 19.0 Å². The van der Waals surface area contributed by atoms with Crippen LogP contribution in [-0.2, 0) is 17.8 Å². The molecule has 3 N–H and O–H groups in total. The van der Waals surface area contributed by atoms with Gasteiger partial charge in [-0.15, -0.1) is 0 Å². The van der Waals surface area contributed by atoms with Gasteiger partial charge in [-0.1, -0.05) is 0 Å². The summed E-state index contributed by atoms with van der Waals surface area (Å²) >= 11 is 0. The number of hydrogen-bond acceptors (Lipinski definition) is 5. The van der Waals surface area contributed by atoms with Crippen LogP contribution in [0.2, 0.25) is 0 Å². The van der Waals surface area contributed by atoms with Crippen molar-refractivity contribution in [3.63, 3.8) is 0 Å². The third-order valence-corrected chi connectivity index (χ3v) is 3.52. The van der Waals surface area contributed by atoms with E-state index < -0.39 is 0 Å². The molecule has 0 fully saturated rings. The van der Waals surface area contributed by atoms with Crippen LogP contribution in [-0.4, -0.2) is 41.0 Å². The molecular weight excluding hydrogens is 268 g/mol. The average Bonchev–Trinajstić information content (AvgIpc) is 2.95. The molecule has 0 radical (unpaired) electrons. The zero-order chi connectivity index (χ0) is 14.8. The Morgan fingerprint density at radius 1 is 1.38 bits per heavy atom. The first kappa shape index (κ1) is 13.6. The van der Waals surface area contributed by atoms with Crippen LogP contribution < -0.4 is 15.5 Å². The molecule has 0 bridgehead atoms. The van der Waals surface area contributed by atoms with Gasteiger partial charge in [-0.3, -0.25) is 10.1 Å². The highest BCUT2D eigenvalue weighted by atomic mass is 16.2. The summed E-state index contributed by atoms with van der Waals surface area (Å²) in [6.07, 6.45) is 3.92. The van der Waals surface area contributed by atoms with Gasteiger partial charge in [-0.2, -0.15) is 0 Å². The topological polar surface area (TPSA) is 85.9 Å². The Hall–Kier alpha value is -2.41. The number of nitrogens with one attached hydrogen (secondary N) is 3. The molecular formula is C14H18N6O. The van der Waals surface area contributed by atoms with Gasteiger partial charge in [0, 0.05) is 27.1 Å². The Kier molecular flexibility index (Phi) is 3.57. The van der Waals surface area contributed by atoms with E-state index in [1.165, 1.54) is 0 Å². The number of carbonyl (C=O) groups is 1. The van der Waals surface area contributed by atoms with Crippen LogP contribution in [0.3, 0.4) is 0 Å². The van der Waals surface area contributed by atoms with E-state index in [1.807, 2.05) is 31.1 Å². The van der Waals surface area contributed by atoms with E-state index in [-0.39, 0.29) is 11.9 Å². The predicted molar refractivity (Wildman–Crippen MR) is 80.1 cm³/mol. The number of nitrogens with zero attached hydrogens (tertiary/aromatic N) is 3. The summed E-state index contributed by atoms with van der Waals surface area (Å²) in [6.45, 7) is 0.630. The molecule has 7 heteroatoms. The molecule has 110 valence electrons. The molecule has 0 spiro atoms. The Labute approximate surface area is 122 Å². The van der Waals surface area contributed by atoms with Crippen LogP contribution in [0.15, 0.2) is 24.7 Å². The third kappa shape index (κ3) is 2.87. The summed E-state index contributed by atoms with van der Waals surface area (Å²) in [5.74, 6) is 0.785. The number of carbonyl (C=O) groups excluding carboxylic acids is 1. The van der Waals surface area contributed by atoms with Gasteiger partial charge in [-0.05, 0) is 12.1 Å². The lowest BCUT2D eigenvalue weighted by molar-refractivity contribution is -0.118. The minimum absolute atomic E-state index is 0.0666. The number of pyridine rings is 1. The second kappa shape index (κ2) is 5.53. The molecule has 3 rings (SSSR count). The highest BCUT2D eigenvalue weighted by molar-refractivity contribution is 5.95. The smallest absolute Gasteiger partial charge is 0.241 e. The van der Waals surface area contributed by atoms with Gasteiger partial charge >= 0.3 is 0 Å². The molecule has 3 heterocycles. The summed E-state index contributed by atoms with van der Waals surface area (Å²) in [7, 11) is 3.85. The first-order valence-electron chi connectivity index (χ1n) is 6.82. The van der Waals surface area contributed by atoms with E-state index in [9.17, 15) is 4.79 Å². The number of H-pyrrole nitrogens is 1. The zero-order valence-electron chi connectivity index (χ0n) is 12.1. The lowest BCUT2D eigenvalue weighted by Crippen LogP contribution is -2.44. The van der Waals surface area contributed by atoms with Crippen molar-refractivity contribution in [1.29, 1.82) is 0 Å². The third-order valence-electron chi connectivity index (χ3n) is 3.52. The van der Waals surface area contributed by atoms with Crippen molar-refractivity contribution in [1.82, 2.24) is 20.3 Å². The number of anilines is 2. The Morgan fingerprint density at radius 3 is 2.95 bits per heavy atom. The maximum atomic E-state index is 12.3. The van der Waals surface area contributed by atoms with E-state index >= 15 is 0 Å². The number of aromatic nitrogens is 3. The van der Waals surface area contributed by atoms with Crippen LogP contribution in [0.4, 0.5) is 11.5 Å². The average molecular weight is 286 g/mol. The number of rotatable bonds is 3. The normalized spacial score (nSPS) is 17.1. The summed E-state index contributed by atoms with van der Waals surface area (Å²) in [5.41, 5.74) is 2.70. The lowest BCUT2D eigenvalue weighted by Gasteiger charge is -2.22. The van der Waals surface area contributed by atoms with Crippen LogP contribution in [0.25, 0.3) is 0 Å². The highest BCUT2D eigenvalue weighted by Gasteiger charge is 2.25. The summed E-state index contributed by atoms with van der Waals surface area (Å²) in [5, 5.41) is 6.08. The van der Waals surface area contributed by atoms with Crippen LogP contribution in [0.1, 0.15) is 11.4 Å². The standard InChI is InChI=1S/C14H18N6O/c1-20(2)13-4-3-9(6-16-13)19-14(21)11-5-10-12(7-15-11)18-8-17-10/h3-4,6,8,11,15H,5,7H2,1-2H3,(H,17,18)(H,19,21). The summed E-state index contributed by atoms with van der Waals surface area (Å²) in [4.78, 5) is 25.8. The van der Waals surface area contributed by atoms with E-state index in [1.54, 1.807) is 12.5 Å². The molecule has 1 unspecified atom stereocenters. The zero-order valence-corrected chi connectivity index (χ0v) is 12.1. The molecule has 1 aliphatic heterocycles. The van der Waals surface area contributed by atoms with E-state index in [4.69, 9.17) is 0 Å². The first-order valence-corrected chi connectivity index (χ1v) is 6.82. The van der Waals surface area contributed by atoms with Crippen LogP contribution >= 0.6 is 0 Å². The molecule has 0 aliphatic carbocycles. The number of aromatic amines is 1. The van der Waals surface area contributed by atoms with Crippen LogP contribution in [0.5, 0.6) is 0 Å². The largest absolute Gasteiger partial charge is 0.363 e. The monoisotopic (exact) mass is 286 g/mol. The maximum Gasteiger partial charge on any atom is 0.241 e. The molecule has 2 aromatic rings. The van der Waals surface area contributed by atoms with Crippen molar-refractivity contribution >= 4 is 17.4 Å². The minimum Gasteiger partial charge on any atom is -0.363 e. The van der Waals surface area contributed by atoms with Gasteiger partial charge in [0.25, 0.3) is 0 Å². The molecule has 7 nitrogen and oxygen atoms in total. The molecule has 21 heavy (non-hydrogen) atoms. The Bertz CT molecular complexity index is 633. The predicted octanol–water partition coefficient (Wildman–Crippen LogP) is 0.524. The maximum absolute atomic E-state index is 12.3. The van der Waals surface area contributed by atoms with Gasteiger partial charge < -0.3 is 15.2 Å². The fourth-order valence-corrected chi connectivity index (χ4v) is 2.31. The molecule has 0 saturated carbocycles. The fraction of sp³-hybridized carbons (Fsp3) is 0.357. The van der Waals surface area contributed by atoms with Crippen molar-refractivity contribution in [3.05, 3.63) is 36.0 Å². The number of hydrogen-bond donors (Lipinski definition) is 3. The molecule has 1 atom stereocenters. The quantitative estimate of drug-likeness (QED) is 0.766. The molecule has 0 aromatic carbocycles. The Morgan fingerprint density at radius 2 is 2.24 bits per heavy atom. The number of amides is 1.